The van der Waals surface area contributed by atoms with E-state index in [-0.39, 0.29) is 0 Å². The monoisotopic (exact) mass is 380 g/mol. The summed E-state index contributed by atoms with van der Waals surface area (Å²) >= 11 is 6.75. The Morgan fingerprint density at radius 3 is 2.44 bits per heavy atom. The second-order valence-corrected chi connectivity index (χ2v) is 8.41. The lowest BCUT2D eigenvalue weighted by Gasteiger charge is -2.37. The van der Waals surface area contributed by atoms with Gasteiger partial charge in [0.15, 0.2) is 0 Å². The number of hydrogen-bond acceptors (Lipinski definition) is 3. The maximum atomic E-state index is 10.3. The van der Waals surface area contributed by atoms with Gasteiger partial charge in [0.1, 0.15) is 11.2 Å². The predicted molar refractivity (Wildman–Crippen MR) is 114 cm³/mol. The summed E-state index contributed by atoms with van der Waals surface area (Å²) in [6.07, 6.45) is 0. The Hall–Kier alpha value is -2.01. The second-order valence-electron chi connectivity index (χ2n) is 8.04. The minimum absolute atomic E-state index is 0.312. The molecule has 5 heteroatoms. The average molecular weight is 381 g/mol. The lowest BCUT2D eigenvalue weighted by molar-refractivity contribution is -0.0893. The fourth-order valence-electron chi connectivity index (χ4n) is 3.14. The van der Waals surface area contributed by atoms with Gasteiger partial charge in [-0.2, -0.15) is 0 Å². The largest absolute Gasteiger partial charge is 0.455 e. The van der Waals surface area contributed by atoms with Crippen LogP contribution in [-0.4, -0.2) is 23.8 Å². The summed E-state index contributed by atoms with van der Waals surface area (Å²) in [6, 6.07) is 16.2. The molecule has 3 nitrogen and oxygen atoms in total. The van der Waals surface area contributed by atoms with Gasteiger partial charge in [-0.05, 0) is 50.7 Å². The minimum atomic E-state index is -0.967. The number of halogens is 1. The Morgan fingerprint density at radius 1 is 0.963 bits per heavy atom. The molecule has 138 valence electrons. The van der Waals surface area contributed by atoms with E-state index in [9.17, 15) is 5.11 Å². The van der Waals surface area contributed by atoms with Gasteiger partial charge in [-0.3, -0.25) is 0 Å². The first-order valence-electron chi connectivity index (χ1n) is 9.07. The zero-order valence-corrected chi connectivity index (χ0v) is 16.7. The Bertz CT molecular complexity index is 1160. The highest BCUT2D eigenvalue weighted by Gasteiger charge is 2.36. The van der Waals surface area contributed by atoms with Gasteiger partial charge in [0.25, 0.3) is 0 Å². The SMILES string of the molecule is CC(C)(O)C(C)(C)OBc1ccc2oc3c4ccccc4ccc3c2c1Cl. The Balaban J connectivity index is 1.82. The van der Waals surface area contributed by atoms with Gasteiger partial charge in [-0.1, -0.05) is 48.0 Å². The van der Waals surface area contributed by atoms with E-state index in [1.54, 1.807) is 13.8 Å². The van der Waals surface area contributed by atoms with E-state index in [0.717, 1.165) is 38.2 Å². The van der Waals surface area contributed by atoms with E-state index in [4.69, 9.17) is 20.7 Å². The van der Waals surface area contributed by atoms with Crippen molar-refractivity contribution in [3.8, 4) is 0 Å². The van der Waals surface area contributed by atoms with Crippen LogP contribution in [0.5, 0.6) is 0 Å². The Labute approximate surface area is 164 Å². The van der Waals surface area contributed by atoms with E-state index in [2.05, 4.69) is 24.3 Å². The smallest absolute Gasteiger partial charge is 0.310 e. The van der Waals surface area contributed by atoms with E-state index < -0.39 is 11.2 Å². The molecule has 0 aliphatic carbocycles. The molecule has 0 radical (unpaired) electrons. The van der Waals surface area contributed by atoms with Crippen LogP contribution in [0.3, 0.4) is 0 Å². The van der Waals surface area contributed by atoms with Gasteiger partial charge in [-0.25, -0.2) is 0 Å². The van der Waals surface area contributed by atoms with Gasteiger partial charge in [-0.15, -0.1) is 0 Å². The lowest BCUT2D eigenvalue weighted by Crippen LogP contribution is -2.49. The zero-order valence-electron chi connectivity index (χ0n) is 16.0. The van der Waals surface area contributed by atoms with E-state index in [1.165, 1.54) is 0 Å². The maximum Gasteiger partial charge on any atom is 0.310 e. The topological polar surface area (TPSA) is 42.6 Å². The molecule has 0 saturated heterocycles. The summed E-state index contributed by atoms with van der Waals surface area (Å²) in [5.74, 6) is 0. The van der Waals surface area contributed by atoms with Gasteiger partial charge in [0.05, 0.1) is 11.2 Å². The molecular formula is C22H22BClO3. The molecule has 0 saturated carbocycles. The van der Waals surface area contributed by atoms with Crippen LogP contribution in [0.2, 0.25) is 5.02 Å². The highest BCUT2D eigenvalue weighted by atomic mass is 35.5. The van der Waals surface area contributed by atoms with Gasteiger partial charge < -0.3 is 14.2 Å². The van der Waals surface area contributed by atoms with Gasteiger partial charge in [0, 0.05) is 21.2 Å². The van der Waals surface area contributed by atoms with E-state index in [0.29, 0.717) is 12.5 Å². The number of aliphatic hydroxyl groups is 1. The maximum absolute atomic E-state index is 10.3. The molecule has 1 aromatic heterocycles. The standard InChI is InChI=1S/C22H22BClO3/c1-21(2,25)22(3,4)27-23-16-11-12-17-18(19(16)24)15-10-9-13-7-5-6-8-14(13)20(15)26-17/h5-12,23,25H,1-4H3. The molecule has 27 heavy (non-hydrogen) atoms. The Morgan fingerprint density at radius 2 is 1.70 bits per heavy atom. The van der Waals surface area contributed by atoms with Crippen LogP contribution in [0.4, 0.5) is 0 Å². The normalized spacial score (nSPS) is 13.0. The third-order valence-corrected chi connectivity index (χ3v) is 6.04. The van der Waals surface area contributed by atoms with Crippen molar-refractivity contribution in [2.45, 2.75) is 38.9 Å². The first kappa shape index (κ1) is 18.4. The first-order valence-corrected chi connectivity index (χ1v) is 9.44. The number of rotatable bonds is 4. The average Bonchev–Trinajstić information content (AvgIpc) is 3.00. The number of hydrogen-bond donors (Lipinski definition) is 1. The number of benzene rings is 3. The van der Waals surface area contributed by atoms with Crippen molar-refractivity contribution in [2.75, 3.05) is 0 Å². The van der Waals surface area contributed by atoms with Crippen LogP contribution in [-0.2, 0) is 4.65 Å². The second kappa shape index (κ2) is 6.27. The third-order valence-electron chi connectivity index (χ3n) is 5.61. The fraction of sp³-hybridized carbons (Fsp3) is 0.273. The summed E-state index contributed by atoms with van der Waals surface area (Å²) in [7, 11) is 0.312. The van der Waals surface area contributed by atoms with Crippen molar-refractivity contribution in [2.24, 2.45) is 0 Å². The van der Waals surface area contributed by atoms with Crippen molar-refractivity contribution in [1.29, 1.82) is 0 Å². The molecule has 0 spiro atoms. The fourth-order valence-corrected chi connectivity index (χ4v) is 3.46. The van der Waals surface area contributed by atoms with Gasteiger partial charge >= 0.3 is 7.48 Å². The molecular weight excluding hydrogens is 359 g/mol. The van der Waals surface area contributed by atoms with Crippen LogP contribution in [0.25, 0.3) is 32.7 Å². The minimum Gasteiger partial charge on any atom is -0.455 e. The van der Waals surface area contributed by atoms with Crippen LogP contribution in [0, 0.1) is 0 Å². The van der Waals surface area contributed by atoms with Crippen molar-refractivity contribution in [3.63, 3.8) is 0 Å². The first-order chi connectivity index (χ1) is 12.7. The Kier molecular flexibility index (Phi) is 4.26. The molecule has 0 aliphatic heterocycles. The summed E-state index contributed by atoms with van der Waals surface area (Å²) in [5.41, 5.74) is 0.805. The highest BCUT2D eigenvalue weighted by molar-refractivity contribution is 6.56. The molecule has 0 atom stereocenters. The van der Waals surface area contributed by atoms with Crippen molar-refractivity contribution < 1.29 is 14.2 Å². The van der Waals surface area contributed by atoms with E-state index in [1.807, 2.05) is 38.1 Å². The molecule has 3 aromatic carbocycles. The van der Waals surface area contributed by atoms with E-state index >= 15 is 0 Å². The van der Waals surface area contributed by atoms with Crippen LogP contribution < -0.4 is 5.46 Å². The van der Waals surface area contributed by atoms with Crippen LogP contribution >= 0.6 is 11.6 Å². The molecule has 1 N–H and O–H groups in total. The molecule has 0 unspecified atom stereocenters. The predicted octanol–water partition coefficient (Wildman–Crippen LogP) is 4.94. The molecule has 1 heterocycles. The lowest BCUT2D eigenvalue weighted by atomic mass is 9.82. The molecule has 0 aliphatic rings. The molecule has 0 bridgehead atoms. The van der Waals surface area contributed by atoms with Crippen molar-refractivity contribution in [3.05, 3.63) is 53.6 Å². The van der Waals surface area contributed by atoms with Gasteiger partial charge in [0.2, 0.25) is 0 Å². The molecule has 4 rings (SSSR count). The molecule has 4 aromatic rings. The summed E-state index contributed by atoms with van der Waals surface area (Å²) in [5, 5.41) is 15.0. The van der Waals surface area contributed by atoms with Crippen LogP contribution in [0.1, 0.15) is 27.7 Å². The number of furan rings is 1. The third kappa shape index (κ3) is 3.02. The highest BCUT2D eigenvalue weighted by Crippen LogP contribution is 2.37. The summed E-state index contributed by atoms with van der Waals surface area (Å²) < 4.78 is 12.1. The zero-order chi connectivity index (χ0) is 19.4. The molecule has 0 fully saturated rings. The number of fused-ring (bicyclic) bond motifs is 5. The summed E-state index contributed by atoms with van der Waals surface area (Å²) in [4.78, 5) is 0. The quantitative estimate of drug-likeness (QED) is 0.510. The van der Waals surface area contributed by atoms with Crippen LogP contribution in [0.15, 0.2) is 52.9 Å². The molecule has 0 amide bonds. The summed E-state index contributed by atoms with van der Waals surface area (Å²) in [6.45, 7) is 7.23. The van der Waals surface area contributed by atoms with Crippen molar-refractivity contribution in [1.82, 2.24) is 0 Å². The van der Waals surface area contributed by atoms with Crippen molar-refractivity contribution >= 4 is 57.3 Å².